The Morgan fingerprint density at radius 1 is 1.15 bits per heavy atom. The van der Waals surface area contributed by atoms with E-state index in [4.69, 9.17) is 9.15 Å². The summed E-state index contributed by atoms with van der Waals surface area (Å²) in [6, 6.07) is 13.0. The van der Waals surface area contributed by atoms with Crippen molar-refractivity contribution in [1.29, 1.82) is 0 Å². The molecule has 2 heterocycles. The summed E-state index contributed by atoms with van der Waals surface area (Å²) in [5, 5.41) is 8.04. The van der Waals surface area contributed by atoms with Crippen molar-refractivity contribution >= 4 is 27.5 Å². The summed E-state index contributed by atoms with van der Waals surface area (Å²) >= 11 is 1.48. The van der Waals surface area contributed by atoms with Gasteiger partial charge in [-0.2, -0.15) is 0 Å². The van der Waals surface area contributed by atoms with E-state index in [2.05, 4.69) is 15.2 Å². The first-order chi connectivity index (χ1) is 12.6. The van der Waals surface area contributed by atoms with Crippen LogP contribution in [0, 0.1) is 6.92 Å². The van der Waals surface area contributed by atoms with Crippen LogP contribution in [0.4, 0.5) is 0 Å². The predicted octanol–water partition coefficient (Wildman–Crippen LogP) is 4.57. The van der Waals surface area contributed by atoms with Gasteiger partial charge in [0.2, 0.25) is 5.89 Å². The molecule has 130 valence electrons. The molecule has 0 spiro atoms. The van der Waals surface area contributed by atoms with Gasteiger partial charge in [-0.1, -0.05) is 17.7 Å². The molecular formula is C19H15N3O3S. The highest BCUT2D eigenvalue weighted by Crippen LogP contribution is 2.24. The number of hydrogen-bond donors (Lipinski definition) is 0. The molecule has 4 aromatic rings. The number of ether oxygens (including phenoxy) is 1. The van der Waals surface area contributed by atoms with E-state index < -0.39 is 12.1 Å². The Balaban J connectivity index is 1.49. The summed E-state index contributed by atoms with van der Waals surface area (Å²) in [5.74, 6) is 0.213. The molecule has 1 atom stereocenters. The quantitative estimate of drug-likeness (QED) is 0.493. The fraction of sp³-hybridized carbons (Fsp3) is 0.158. The molecule has 0 radical (unpaired) electrons. The van der Waals surface area contributed by atoms with Crippen LogP contribution in [0.25, 0.3) is 21.7 Å². The van der Waals surface area contributed by atoms with Gasteiger partial charge >= 0.3 is 5.97 Å². The second-order valence-corrected chi connectivity index (χ2v) is 6.78. The first kappa shape index (κ1) is 16.4. The summed E-state index contributed by atoms with van der Waals surface area (Å²) in [7, 11) is 0. The molecule has 4 rings (SSSR count). The first-order valence-corrected chi connectivity index (χ1v) is 8.93. The van der Waals surface area contributed by atoms with Gasteiger partial charge in [-0.15, -0.1) is 21.5 Å². The van der Waals surface area contributed by atoms with Crippen LogP contribution >= 0.6 is 11.3 Å². The van der Waals surface area contributed by atoms with Gasteiger partial charge in [-0.3, -0.25) is 0 Å². The Morgan fingerprint density at radius 3 is 2.77 bits per heavy atom. The van der Waals surface area contributed by atoms with Gasteiger partial charge in [0.15, 0.2) is 6.10 Å². The number of hydrogen-bond acceptors (Lipinski definition) is 7. The molecule has 0 bridgehead atoms. The highest BCUT2D eigenvalue weighted by Gasteiger charge is 2.20. The van der Waals surface area contributed by atoms with Gasteiger partial charge in [0.25, 0.3) is 5.89 Å². The van der Waals surface area contributed by atoms with E-state index >= 15 is 0 Å². The number of rotatable bonds is 4. The van der Waals surface area contributed by atoms with Crippen molar-refractivity contribution < 1.29 is 13.9 Å². The molecule has 7 heteroatoms. The lowest BCUT2D eigenvalue weighted by atomic mass is 10.1. The topological polar surface area (TPSA) is 78.1 Å². The Kier molecular flexibility index (Phi) is 4.22. The number of nitrogens with zero attached hydrogens (tertiary/aromatic N) is 3. The van der Waals surface area contributed by atoms with Crippen molar-refractivity contribution in [2.45, 2.75) is 20.0 Å². The lowest BCUT2D eigenvalue weighted by Crippen LogP contribution is -2.09. The third-order valence-corrected chi connectivity index (χ3v) is 4.73. The van der Waals surface area contributed by atoms with E-state index in [0.29, 0.717) is 11.5 Å². The Hall–Kier alpha value is -3.06. The zero-order chi connectivity index (χ0) is 18.1. The number of esters is 1. The molecule has 0 fully saturated rings. The average Bonchev–Trinajstić information content (AvgIpc) is 3.31. The van der Waals surface area contributed by atoms with E-state index in [1.807, 2.05) is 31.2 Å². The maximum atomic E-state index is 12.4. The van der Waals surface area contributed by atoms with Gasteiger partial charge in [0, 0.05) is 5.56 Å². The van der Waals surface area contributed by atoms with Crippen LogP contribution < -0.4 is 0 Å². The zero-order valence-corrected chi connectivity index (χ0v) is 15.0. The highest BCUT2D eigenvalue weighted by molar-refractivity contribution is 7.16. The van der Waals surface area contributed by atoms with Crippen LogP contribution in [0.2, 0.25) is 0 Å². The maximum absolute atomic E-state index is 12.4. The standard InChI is InChI=1S/C19H15N3O3S/c1-11-3-5-13(6-4-11)18-22-21-17(25-18)12(2)24-19(23)14-7-8-15-16(9-14)26-10-20-15/h3-10,12H,1-2H3/t12-/m0/s1. The number of aryl methyl sites for hydroxylation is 1. The summed E-state index contributed by atoms with van der Waals surface area (Å²) in [6.07, 6.45) is -0.647. The van der Waals surface area contributed by atoms with E-state index in [9.17, 15) is 4.79 Å². The normalized spacial score (nSPS) is 12.2. The number of fused-ring (bicyclic) bond motifs is 1. The number of thiazole rings is 1. The lowest BCUT2D eigenvalue weighted by Gasteiger charge is -2.09. The Bertz CT molecular complexity index is 1070. The molecule has 26 heavy (non-hydrogen) atoms. The average molecular weight is 365 g/mol. The largest absolute Gasteiger partial charge is 0.449 e. The SMILES string of the molecule is Cc1ccc(-c2nnc([C@H](C)OC(=O)c3ccc4ncsc4c3)o2)cc1. The Labute approximate surface area is 153 Å². The van der Waals surface area contributed by atoms with Gasteiger partial charge in [-0.05, 0) is 44.2 Å². The molecule has 0 N–H and O–H groups in total. The fourth-order valence-corrected chi connectivity index (χ4v) is 3.19. The second kappa shape index (κ2) is 6.68. The summed E-state index contributed by atoms with van der Waals surface area (Å²) in [5.41, 5.74) is 5.04. The summed E-state index contributed by atoms with van der Waals surface area (Å²) in [4.78, 5) is 16.6. The predicted molar refractivity (Wildman–Crippen MR) is 97.9 cm³/mol. The highest BCUT2D eigenvalue weighted by atomic mass is 32.1. The van der Waals surface area contributed by atoms with E-state index in [0.717, 1.165) is 21.3 Å². The molecule has 0 amide bonds. The molecule has 6 nitrogen and oxygen atoms in total. The number of carbonyl (C=O) groups excluding carboxylic acids is 1. The summed E-state index contributed by atoms with van der Waals surface area (Å²) < 4.78 is 12.1. The molecule has 0 aliphatic rings. The third-order valence-electron chi connectivity index (χ3n) is 3.94. The van der Waals surface area contributed by atoms with Gasteiger partial charge in [0.05, 0.1) is 21.3 Å². The van der Waals surface area contributed by atoms with E-state index in [1.165, 1.54) is 11.3 Å². The van der Waals surface area contributed by atoms with E-state index in [1.54, 1.807) is 30.6 Å². The number of carbonyl (C=O) groups is 1. The van der Waals surface area contributed by atoms with Crippen LogP contribution in [0.15, 0.2) is 52.4 Å². The van der Waals surface area contributed by atoms with Crippen LogP contribution in [-0.2, 0) is 4.74 Å². The van der Waals surface area contributed by atoms with Crippen molar-refractivity contribution in [2.75, 3.05) is 0 Å². The molecule has 0 aliphatic carbocycles. The van der Waals surface area contributed by atoms with Gasteiger partial charge in [0.1, 0.15) is 0 Å². The number of benzene rings is 2. The Morgan fingerprint density at radius 2 is 1.96 bits per heavy atom. The van der Waals surface area contributed by atoms with Crippen LogP contribution in [0.5, 0.6) is 0 Å². The fourth-order valence-electron chi connectivity index (χ4n) is 2.47. The van der Waals surface area contributed by atoms with Crippen molar-refractivity contribution in [3.8, 4) is 11.5 Å². The van der Waals surface area contributed by atoms with Crippen LogP contribution in [0.1, 0.15) is 34.8 Å². The lowest BCUT2D eigenvalue weighted by molar-refractivity contribution is 0.0280. The first-order valence-electron chi connectivity index (χ1n) is 8.05. The minimum absolute atomic E-state index is 0.257. The van der Waals surface area contributed by atoms with Crippen molar-refractivity contribution in [3.63, 3.8) is 0 Å². The van der Waals surface area contributed by atoms with Gasteiger partial charge < -0.3 is 9.15 Å². The molecule has 2 aromatic heterocycles. The van der Waals surface area contributed by atoms with Crippen molar-refractivity contribution in [1.82, 2.24) is 15.2 Å². The molecule has 0 aliphatic heterocycles. The smallest absolute Gasteiger partial charge is 0.338 e. The molecule has 0 saturated heterocycles. The van der Waals surface area contributed by atoms with E-state index in [-0.39, 0.29) is 5.89 Å². The summed E-state index contributed by atoms with van der Waals surface area (Å²) in [6.45, 7) is 3.71. The molecular weight excluding hydrogens is 350 g/mol. The van der Waals surface area contributed by atoms with Crippen molar-refractivity contribution in [3.05, 3.63) is 65.0 Å². The third kappa shape index (κ3) is 3.21. The molecule has 2 aromatic carbocycles. The zero-order valence-electron chi connectivity index (χ0n) is 14.2. The maximum Gasteiger partial charge on any atom is 0.338 e. The van der Waals surface area contributed by atoms with Crippen LogP contribution in [0.3, 0.4) is 0 Å². The minimum atomic E-state index is -0.647. The van der Waals surface area contributed by atoms with Crippen LogP contribution in [-0.4, -0.2) is 21.2 Å². The molecule has 0 saturated carbocycles. The minimum Gasteiger partial charge on any atom is -0.449 e. The number of aromatic nitrogens is 3. The van der Waals surface area contributed by atoms with Gasteiger partial charge in [-0.25, -0.2) is 9.78 Å². The van der Waals surface area contributed by atoms with Crippen molar-refractivity contribution in [2.24, 2.45) is 0 Å². The second-order valence-electron chi connectivity index (χ2n) is 5.89. The monoisotopic (exact) mass is 365 g/mol. The molecule has 0 unspecified atom stereocenters.